The third kappa shape index (κ3) is 1.40. The van der Waals surface area contributed by atoms with Gasteiger partial charge < -0.3 is 0 Å². The topological polar surface area (TPSA) is 51.6 Å². The Morgan fingerprint density at radius 3 is 1.73 bits per heavy atom. The number of aromatic nitrogens is 4. The van der Waals surface area contributed by atoms with Gasteiger partial charge in [0, 0.05) is 0 Å². The number of nitrogens with zero attached hydrogens (tertiary/aromatic N) is 4. The highest BCUT2D eigenvalue weighted by Crippen LogP contribution is 2.00. The van der Waals surface area contributed by atoms with Crippen LogP contribution in [0.25, 0.3) is 11.0 Å². The minimum atomic E-state index is 0. The van der Waals surface area contributed by atoms with Crippen LogP contribution in [-0.2, 0) is 0 Å². The van der Waals surface area contributed by atoms with Gasteiger partial charge in [-0.1, -0.05) is 0 Å². The van der Waals surface area contributed by atoms with E-state index < -0.39 is 0 Å². The van der Waals surface area contributed by atoms with E-state index in [-0.39, 0.29) is 12.4 Å². The van der Waals surface area contributed by atoms with Gasteiger partial charge in [-0.05, 0) is 0 Å². The van der Waals surface area contributed by atoms with E-state index in [1.54, 1.807) is 12.4 Å². The van der Waals surface area contributed by atoms with E-state index in [1.165, 1.54) is 12.7 Å². The molecule has 0 aromatic carbocycles. The SMILES string of the molecule is Cl.c1ncc2ncncc2n1. The normalized spacial score (nSPS) is 9.09. The second kappa shape index (κ2) is 3.21. The van der Waals surface area contributed by atoms with E-state index in [0.29, 0.717) is 0 Å². The molecule has 2 heterocycles. The maximum Gasteiger partial charge on any atom is 0.116 e. The fraction of sp³-hybridized carbons (Fsp3) is 0. The number of hydrogen-bond donors (Lipinski definition) is 0. The molecular formula is C6H5ClN4. The van der Waals surface area contributed by atoms with Gasteiger partial charge in [-0.3, -0.25) is 0 Å². The summed E-state index contributed by atoms with van der Waals surface area (Å²) < 4.78 is 0. The van der Waals surface area contributed by atoms with Crippen molar-refractivity contribution in [2.45, 2.75) is 0 Å². The summed E-state index contributed by atoms with van der Waals surface area (Å²) in [5.74, 6) is 0. The summed E-state index contributed by atoms with van der Waals surface area (Å²) in [6.07, 6.45) is 6.27. The molecule has 4 nitrogen and oxygen atoms in total. The Labute approximate surface area is 69.1 Å². The highest BCUT2D eigenvalue weighted by Gasteiger charge is 1.90. The minimum absolute atomic E-state index is 0. The summed E-state index contributed by atoms with van der Waals surface area (Å²) in [5, 5.41) is 0. The molecule has 0 aliphatic rings. The highest BCUT2D eigenvalue weighted by atomic mass is 35.5. The van der Waals surface area contributed by atoms with E-state index in [9.17, 15) is 0 Å². The first-order valence-corrected chi connectivity index (χ1v) is 2.82. The average molecular weight is 169 g/mol. The third-order valence-corrected chi connectivity index (χ3v) is 1.18. The minimum Gasteiger partial charge on any atom is -0.243 e. The lowest BCUT2D eigenvalue weighted by atomic mass is 10.4. The highest BCUT2D eigenvalue weighted by molar-refractivity contribution is 5.85. The molecule has 0 saturated heterocycles. The molecule has 0 spiro atoms. The Bertz CT molecular complexity index is 286. The summed E-state index contributed by atoms with van der Waals surface area (Å²) in [6.45, 7) is 0. The largest absolute Gasteiger partial charge is 0.243 e. The van der Waals surface area contributed by atoms with Crippen molar-refractivity contribution in [2.24, 2.45) is 0 Å². The zero-order valence-corrected chi connectivity index (χ0v) is 6.32. The Morgan fingerprint density at radius 2 is 1.27 bits per heavy atom. The molecule has 5 heteroatoms. The summed E-state index contributed by atoms with van der Waals surface area (Å²) in [4.78, 5) is 15.5. The average Bonchev–Trinajstić information content (AvgIpc) is 2.05. The van der Waals surface area contributed by atoms with Gasteiger partial charge in [0.2, 0.25) is 0 Å². The van der Waals surface area contributed by atoms with Crippen LogP contribution in [0, 0.1) is 0 Å². The smallest absolute Gasteiger partial charge is 0.116 e. The van der Waals surface area contributed by atoms with E-state index in [0.717, 1.165) is 11.0 Å². The first kappa shape index (κ1) is 7.81. The van der Waals surface area contributed by atoms with Crippen molar-refractivity contribution in [3.05, 3.63) is 25.0 Å². The number of fused-ring (bicyclic) bond motifs is 1. The Kier molecular flexibility index (Phi) is 2.28. The molecule has 0 radical (unpaired) electrons. The van der Waals surface area contributed by atoms with Crippen LogP contribution in [0.4, 0.5) is 0 Å². The Hall–Kier alpha value is -1.29. The maximum absolute atomic E-state index is 3.95. The molecule has 0 amide bonds. The van der Waals surface area contributed by atoms with E-state index >= 15 is 0 Å². The van der Waals surface area contributed by atoms with Gasteiger partial charge in [-0.15, -0.1) is 12.4 Å². The molecule has 0 aliphatic carbocycles. The molecule has 2 aromatic heterocycles. The van der Waals surface area contributed by atoms with Crippen molar-refractivity contribution in [1.82, 2.24) is 19.9 Å². The van der Waals surface area contributed by atoms with Gasteiger partial charge in [-0.25, -0.2) is 19.9 Å². The zero-order chi connectivity index (χ0) is 6.81. The standard InChI is InChI=1S/C6H4N4.ClH/c1-5-6(10-3-7-1)2-8-4-9-5;/h1-4H;1H. The first-order valence-electron chi connectivity index (χ1n) is 2.82. The zero-order valence-electron chi connectivity index (χ0n) is 5.51. The number of halogens is 1. The first-order chi connectivity index (χ1) is 4.97. The summed E-state index contributed by atoms with van der Waals surface area (Å²) in [5.41, 5.74) is 1.55. The lowest BCUT2D eigenvalue weighted by molar-refractivity contribution is 1.15. The Balaban J connectivity index is 0.000000605. The summed E-state index contributed by atoms with van der Waals surface area (Å²) in [6, 6.07) is 0. The lowest BCUT2D eigenvalue weighted by Gasteiger charge is -1.89. The van der Waals surface area contributed by atoms with Crippen LogP contribution in [0.15, 0.2) is 25.0 Å². The van der Waals surface area contributed by atoms with Gasteiger partial charge in [0.25, 0.3) is 0 Å². The van der Waals surface area contributed by atoms with Gasteiger partial charge in [-0.2, -0.15) is 0 Å². The molecule has 0 aliphatic heterocycles. The van der Waals surface area contributed by atoms with Crippen LogP contribution in [0.1, 0.15) is 0 Å². The second-order valence-corrected chi connectivity index (χ2v) is 1.82. The molecule has 11 heavy (non-hydrogen) atoms. The van der Waals surface area contributed by atoms with Crippen LogP contribution >= 0.6 is 12.4 Å². The van der Waals surface area contributed by atoms with Crippen LogP contribution in [0.2, 0.25) is 0 Å². The van der Waals surface area contributed by atoms with E-state index in [2.05, 4.69) is 19.9 Å². The van der Waals surface area contributed by atoms with Crippen LogP contribution in [0.3, 0.4) is 0 Å². The van der Waals surface area contributed by atoms with Crippen molar-refractivity contribution in [3.8, 4) is 0 Å². The van der Waals surface area contributed by atoms with Gasteiger partial charge >= 0.3 is 0 Å². The monoisotopic (exact) mass is 168 g/mol. The Morgan fingerprint density at radius 1 is 0.818 bits per heavy atom. The van der Waals surface area contributed by atoms with Crippen molar-refractivity contribution >= 4 is 23.4 Å². The van der Waals surface area contributed by atoms with Gasteiger partial charge in [0.15, 0.2) is 0 Å². The molecule has 0 saturated carbocycles. The molecule has 56 valence electrons. The second-order valence-electron chi connectivity index (χ2n) is 1.82. The van der Waals surface area contributed by atoms with Crippen LogP contribution in [-0.4, -0.2) is 19.9 Å². The molecule has 2 aromatic rings. The maximum atomic E-state index is 3.95. The molecule has 0 bridgehead atoms. The summed E-state index contributed by atoms with van der Waals surface area (Å²) >= 11 is 0. The van der Waals surface area contributed by atoms with E-state index in [1.807, 2.05) is 0 Å². The van der Waals surface area contributed by atoms with Gasteiger partial charge in [0.05, 0.1) is 12.4 Å². The van der Waals surface area contributed by atoms with E-state index in [4.69, 9.17) is 0 Å². The fourth-order valence-electron chi connectivity index (χ4n) is 0.730. The third-order valence-electron chi connectivity index (χ3n) is 1.18. The fourth-order valence-corrected chi connectivity index (χ4v) is 0.730. The number of hydrogen-bond acceptors (Lipinski definition) is 4. The molecule has 0 atom stereocenters. The van der Waals surface area contributed by atoms with Crippen molar-refractivity contribution in [1.29, 1.82) is 0 Å². The number of rotatable bonds is 0. The van der Waals surface area contributed by atoms with Crippen molar-refractivity contribution in [2.75, 3.05) is 0 Å². The molecule has 0 N–H and O–H groups in total. The van der Waals surface area contributed by atoms with Crippen LogP contribution in [0.5, 0.6) is 0 Å². The van der Waals surface area contributed by atoms with Crippen molar-refractivity contribution < 1.29 is 0 Å². The van der Waals surface area contributed by atoms with Gasteiger partial charge in [0.1, 0.15) is 23.7 Å². The van der Waals surface area contributed by atoms with Crippen LogP contribution < -0.4 is 0 Å². The molecule has 0 unspecified atom stereocenters. The lowest BCUT2D eigenvalue weighted by Crippen LogP contribution is -1.84. The quantitative estimate of drug-likeness (QED) is 0.585. The predicted molar refractivity (Wildman–Crippen MR) is 42.4 cm³/mol. The molecular weight excluding hydrogens is 164 g/mol. The molecule has 2 rings (SSSR count). The van der Waals surface area contributed by atoms with Crippen molar-refractivity contribution in [3.63, 3.8) is 0 Å². The molecule has 0 fully saturated rings. The predicted octanol–water partition coefficient (Wildman–Crippen LogP) is 0.842. The summed E-state index contributed by atoms with van der Waals surface area (Å²) in [7, 11) is 0.